The van der Waals surface area contributed by atoms with Gasteiger partial charge in [0.15, 0.2) is 0 Å². The predicted molar refractivity (Wildman–Crippen MR) is 67.7 cm³/mol. The van der Waals surface area contributed by atoms with Gasteiger partial charge < -0.3 is 10.1 Å². The fraction of sp³-hybridized carbons (Fsp3) is 0.429. The molecule has 0 spiro atoms. The number of allylic oxidation sites excluding steroid dienone is 1. The molecule has 0 saturated carbocycles. The highest BCUT2D eigenvalue weighted by molar-refractivity contribution is 5.66. The fourth-order valence-corrected chi connectivity index (χ4v) is 2.03. The highest BCUT2D eigenvalue weighted by Gasteiger charge is 2.15. The van der Waals surface area contributed by atoms with Gasteiger partial charge >= 0.3 is 0 Å². The molecule has 2 heteroatoms. The number of hydrogen-bond acceptors (Lipinski definition) is 2. The molecule has 2 nitrogen and oxygen atoms in total. The molecule has 1 heterocycles. The van der Waals surface area contributed by atoms with E-state index in [1.54, 1.807) is 0 Å². The lowest BCUT2D eigenvalue weighted by Gasteiger charge is -2.15. The Morgan fingerprint density at radius 2 is 2.31 bits per heavy atom. The van der Waals surface area contributed by atoms with Crippen LogP contribution in [0.3, 0.4) is 0 Å². The smallest absolute Gasteiger partial charge is 0.126 e. The van der Waals surface area contributed by atoms with Crippen molar-refractivity contribution in [3.05, 3.63) is 36.4 Å². The van der Waals surface area contributed by atoms with Crippen LogP contribution in [0, 0.1) is 0 Å². The molecule has 86 valence electrons. The SMILES string of the molecule is C=C(C)c1ccccc1OCC1CCCN1. The molecule has 1 aliphatic heterocycles. The highest BCUT2D eigenvalue weighted by Crippen LogP contribution is 2.24. The molecule has 1 unspecified atom stereocenters. The van der Waals surface area contributed by atoms with Gasteiger partial charge in [-0.25, -0.2) is 0 Å². The Kier molecular flexibility index (Phi) is 3.62. The van der Waals surface area contributed by atoms with Gasteiger partial charge in [-0.2, -0.15) is 0 Å². The van der Waals surface area contributed by atoms with Gasteiger partial charge in [-0.15, -0.1) is 0 Å². The summed E-state index contributed by atoms with van der Waals surface area (Å²) in [5.74, 6) is 0.948. The van der Waals surface area contributed by atoms with Crippen molar-refractivity contribution >= 4 is 5.57 Å². The lowest BCUT2D eigenvalue weighted by molar-refractivity contribution is 0.276. The first-order chi connectivity index (χ1) is 7.77. The van der Waals surface area contributed by atoms with Gasteiger partial charge in [0.2, 0.25) is 0 Å². The average molecular weight is 217 g/mol. The van der Waals surface area contributed by atoms with Crippen LogP contribution in [0.15, 0.2) is 30.8 Å². The van der Waals surface area contributed by atoms with E-state index in [9.17, 15) is 0 Å². The maximum atomic E-state index is 5.86. The summed E-state index contributed by atoms with van der Waals surface area (Å²) in [5, 5.41) is 3.43. The van der Waals surface area contributed by atoms with Crippen LogP contribution in [0.2, 0.25) is 0 Å². The van der Waals surface area contributed by atoms with E-state index in [4.69, 9.17) is 4.74 Å². The molecule has 1 N–H and O–H groups in total. The van der Waals surface area contributed by atoms with Crippen LogP contribution in [0.1, 0.15) is 25.3 Å². The molecule has 0 aliphatic carbocycles. The van der Waals surface area contributed by atoms with Gasteiger partial charge in [0, 0.05) is 11.6 Å². The summed E-state index contributed by atoms with van der Waals surface area (Å²) in [4.78, 5) is 0. The van der Waals surface area contributed by atoms with Crippen LogP contribution in [0.5, 0.6) is 5.75 Å². The lowest BCUT2D eigenvalue weighted by Crippen LogP contribution is -2.28. The zero-order valence-electron chi connectivity index (χ0n) is 9.83. The van der Waals surface area contributed by atoms with Gasteiger partial charge in [0.05, 0.1) is 0 Å². The van der Waals surface area contributed by atoms with Crippen LogP contribution < -0.4 is 10.1 Å². The van der Waals surface area contributed by atoms with Crippen molar-refractivity contribution in [3.8, 4) is 5.75 Å². The maximum Gasteiger partial charge on any atom is 0.126 e. The Bertz CT molecular complexity index is 367. The van der Waals surface area contributed by atoms with Crippen LogP contribution >= 0.6 is 0 Å². The van der Waals surface area contributed by atoms with E-state index in [1.165, 1.54) is 12.8 Å². The third kappa shape index (κ3) is 2.64. The Labute approximate surface area is 97.3 Å². The zero-order chi connectivity index (χ0) is 11.4. The minimum absolute atomic E-state index is 0.512. The maximum absolute atomic E-state index is 5.86. The monoisotopic (exact) mass is 217 g/mol. The molecule has 1 aromatic carbocycles. The summed E-state index contributed by atoms with van der Waals surface area (Å²) in [6, 6.07) is 8.60. The Balaban J connectivity index is 2.00. The minimum atomic E-state index is 0.512. The molecule has 16 heavy (non-hydrogen) atoms. The predicted octanol–water partition coefficient (Wildman–Crippen LogP) is 2.85. The molecule has 0 radical (unpaired) electrons. The molecule has 1 saturated heterocycles. The van der Waals surface area contributed by atoms with E-state index in [0.29, 0.717) is 6.04 Å². The van der Waals surface area contributed by atoms with Crippen molar-refractivity contribution in [2.45, 2.75) is 25.8 Å². The lowest BCUT2D eigenvalue weighted by atomic mass is 10.1. The molecule has 1 aromatic rings. The Hall–Kier alpha value is -1.28. The van der Waals surface area contributed by atoms with E-state index >= 15 is 0 Å². The van der Waals surface area contributed by atoms with Crippen molar-refractivity contribution in [2.75, 3.05) is 13.2 Å². The molecule has 0 bridgehead atoms. The standard InChI is InChI=1S/C14H19NO/c1-11(2)13-7-3-4-8-14(13)16-10-12-6-5-9-15-12/h3-4,7-8,12,15H,1,5-6,9-10H2,2H3. The molecule has 0 aromatic heterocycles. The third-order valence-electron chi connectivity index (χ3n) is 2.95. The van der Waals surface area contributed by atoms with Crippen molar-refractivity contribution in [2.24, 2.45) is 0 Å². The molecule has 1 atom stereocenters. The van der Waals surface area contributed by atoms with Gasteiger partial charge in [0.25, 0.3) is 0 Å². The van der Waals surface area contributed by atoms with Gasteiger partial charge in [0.1, 0.15) is 12.4 Å². The summed E-state index contributed by atoms with van der Waals surface area (Å²) >= 11 is 0. The minimum Gasteiger partial charge on any atom is -0.491 e. The van der Waals surface area contributed by atoms with Crippen molar-refractivity contribution in [1.29, 1.82) is 0 Å². The van der Waals surface area contributed by atoms with E-state index in [2.05, 4.69) is 18.0 Å². The average Bonchev–Trinajstić information content (AvgIpc) is 2.79. The van der Waals surface area contributed by atoms with Crippen LogP contribution in [-0.4, -0.2) is 19.2 Å². The second-order valence-corrected chi connectivity index (χ2v) is 4.38. The number of ether oxygens (including phenoxy) is 1. The van der Waals surface area contributed by atoms with Gasteiger partial charge in [-0.1, -0.05) is 24.8 Å². The Morgan fingerprint density at radius 1 is 1.50 bits per heavy atom. The molecule has 1 aliphatic rings. The number of hydrogen-bond donors (Lipinski definition) is 1. The second kappa shape index (κ2) is 5.17. The topological polar surface area (TPSA) is 21.3 Å². The first-order valence-corrected chi connectivity index (χ1v) is 5.88. The molecule has 0 amide bonds. The van der Waals surface area contributed by atoms with Crippen molar-refractivity contribution in [3.63, 3.8) is 0 Å². The summed E-state index contributed by atoms with van der Waals surface area (Å²) in [6.07, 6.45) is 2.48. The van der Waals surface area contributed by atoms with Gasteiger partial charge in [-0.05, 0) is 37.9 Å². The zero-order valence-corrected chi connectivity index (χ0v) is 9.83. The number of rotatable bonds is 4. The van der Waals surface area contributed by atoms with Crippen LogP contribution in [0.4, 0.5) is 0 Å². The second-order valence-electron chi connectivity index (χ2n) is 4.38. The summed E-state index contributed by atoms with van der Waals surface area (Å²) in [6.45, 7) is 7.86. The summed E-state index contributed by atoms with van der Waals surface area (Å²) < 4.78 is 5.86. The molecule has 1 fully saturated rings. The first kappa shape index (κ1) is 11.2. The quantitative estimate of drug-likeness (QED) is 0.837. The largest absolute Gasteiger partial charge is 0.491 e. The van der Waals surface area contributed by atoms with Crippen LogP contribution in [0.25, 0.3) is 5.57 Å². The van der Waals surface area contributed by atoms with Crippen molar-refractivity contribution < 1.29 is 4.74 Å². The van der Waals surface area contributed by atoms with E-state index in [0.717, 1.165) is 30.0 Å². The van der Waals surface area contributed by atoms with Gasteiger partial charge in [-0.3, -0.25) is 0 Å². The Morgan fingerprint density at radius 3 is 3.00 bits per heavy atom. The summed E-state index contributed by atoms with van der Waals surface area (Å²) in [5.41, 5.74) is 2.16. The normalized spacial score (nSPS) is 19.7. The van der Waals surface area contributed by atoms with E-state index < -0.39 is 0 Å². The first-order valence-electron chi connectivity index (χ1n) is 5.88. The van der Waals surface area contributed by atoms with Crippen molar-refractivity contribution in [1.82, 2.24) is 5.32 Å². The number of nitrogens with one attached hydrogen (secondary N) is 1. The van der Waals surface area contributed by atoms with E-state index in [-0.39, 0.29) is 0 Å². The fourth-order valence-electron chi connectivity index (χ4n) is 2.03. The highest BCUT2D eigenvalue weighted by atomic mass is 16.5. The van der Waals surface area contributed by atoms with E-state index in [1.807, 2.05) is 25.1 Å². The molecular weight excluding hydrogens is 198 g/mol. The molecular formula is C14H19NO. The summed E-state index contributed by atoms with van der Waals surface area (Å²) in [7, 11) is 0. The van der Waals surface area contributed by atoms with Crippen LogP contribution in [-0.2, 0) is 0 Å². The molecule has 2 rings (SSSR count). The number of para-hydroxylation sites is 1. The third-order valence-corrected chi connectivity index (χ3v) is 2.95. The number of benzene rings is 1.